The molecule has 4 aliphatic rings. The van der Waals surface area contributed by atoms with Crippen molar-refractivity contribution in [2.75, 3.05) is 125 Å². The monoisotopic (exact) mass is 998 g/mol. The van der Waals surface area contributed by atoms with E-state index >= 15 is 0 Å². The minimum absolute atomic E-state index is 0.0643. The van der Waals surface area contributed by atoms with Crippen molar-refractivity contribution >= 4 is 69.4 Å². The van der Waals surface area contributed by atoms with E-state index in [2.05, 4.69) is 74.1 Å². The van der Waals surface area contributed by atoms with E-state index in [-0.39, 0.29) is 36.0 Å². The van der Waals surface area contributed by atoms with Crippen LogP contribution in [0.1, 0.15) is 36.6 Å². The maximum absolute atomic E-state index is 13.2. The number of carbonyl (C=O) groups excluding carboxylic acids is 5. The number of anilines is 2. The van der Waals surface area contributed by atoms with Crippen LogP contribution in [0.5, 0.6) is 23.0 Å². The number of nitrogens with zero attached hydrogens (tertiary/aromatic N) is 8. The summed E-state index contributed by atoms with van der Waals surface area (Å²) in [6, 6.07) is 13.1. The highest BCUT2D eigenvalue weighted by molar-refractivity contribution is 6.16. The lowest BCUT2D eigenvalue weighted by Crippen LogP contribution is -2.45. The predicted octanol–water partition coefficient (Wildman–Crippen LogP) is 4.78. The van der Waals surface area contributed by atoms with Crippen LogP contribution >= 0.6 is 0 Å². The van der Waals surface area contributed by atoms with Crippen molar-refractivity contribution in [2.45, 2.75) is 13.1 Å². The molecule has 4 amide bonds. The van der Waals surface area contributed by atoms with Crippen molar-refractivity contribution in [1.29, 1.82) is 0 Å². The topological polar surface area (TPSA) is 219 Å². The van der Waals surface area contributed by atoms with Gasteiger partial charge in [0.05, 0.1) is 37.7 Å². The summed E-state index contributed by atoms with van der Waals surface area (Å²) in [6.45, 7) is 12.2. The molecule has 2 aromatic carbocycles. The Labute approximate surface area is 423 Å². The number of pyridine rings is 2. The van der Waals surface area contributed by atoms with E-state index in [1.807, 2.05) is 24.5 Å². The summed E-state index contributed by atoms with van der Waals surface area (Å²) in [4.78, 5) is 77.1. The zero-order valence-corrected chi connectivity index (χ0v) is 42.0. The van der Waals surface area contributed by atoms with Crippen molar-refractivity contribution < 1.29 is 42.9 Å². The van der Waals surface area contributed by atoms with Gasteiger partial charge >= 0.3 is 12.1 Å². The third kappa shape index (κ3) is 12.4. The summed E-state index contributed by atoms with van der Waals surface area (Å²) in [5, 5.41) is 11.9. The number of hydrogen-bond acceptors (Lipinski definition) is 15. The molecule has 73 heavy (non-hydrogen) atoms. The van der Waals surface area contributed by atoms with Crippen LogP contribution in [0, 0.1) is 0 Å². The second-order valence-electron chi connectivity index (χ2n) is 17.9. The molecule has 21 nitrogen and oxygen atoms in total. The highest BCUT2D eigenvalue weighted by Crippen LogP contribution is 2.36. The average Bonchev–Trinajstić information content (AvgIpc) is 4.16. The molecule has 384 valence electrons. The van der Waals surface area contributed by atoms with E-state index < -0.39 is 0 Å². The van der Waals surface area contributed by atoms with Gasteiger partial charge < -0.3 is 59.1 Å². The largest absolute Gasteiger partial charge is 0.495 e. The third-order valence-electron chi connectivity index (χ3n) is 13.1. The Morgan fingerprint density at radius 1 is 0.658 bits per heavy atom. The van der Waals surface area contributed by atoms with Gasteiger partial charge in [0.1, 0.15) is 34.3 Å². The first-order chi connectivity index (χ1) is 35.4. The lowest BCUT2D eigenvalue weighted by molar-refractivity contribution is 0.0960. The van der Waals surface area contributed by atoms with E-state index in [1.165, 1.54) is 14.1 Å². The van der Waals surface area contributed by atoms with Crippen molar-refractivity contribution in [1.82, 2.24) is 49.3 Å². The first-order valence-corrected chi connectivity index (χ1v) is 24.0. The van der Waals surface area contributed by atoms with Gasteiger partial charge in [-0.2, -0.15) is 0 Å². The quantitative estimate of drug-likeness (QED) is 0.0959. The molecule has 2 saturated heterocycles. The van der Waals surface area contributed by atoms with Crippen LogP contribution < -0.4 is 40.2 Å². The summed E-state index contributed by atoms with van der Waals surface area (Å²) < 4.78 is 25.8. The molecule has 0 saturated carbocycles. The van der Waals surface area contributed by atoms with Crippen LogP contribution in [-0.2, 0) is 13.1 Å². The number of fused-ring (bicyclic) bond motifs is 4. The number of aromatic nitrogens is 4. The van der Waals surface area contributed by atoms with Gasteiger partial charge in [-0.05, 0) is 68.7 Å². The number of allylic oxidation sites excluding steroid dienone is 1. The number of Topliss-reactive ketones (excluding diaryl/α,β-unsaturated/α-hetero) is 2. The highest BCUT2D eigenvalue weighted by Gasteiger charge is 2.29. The molecule has 0 atom stereocenters. The molecule has 4 aromatic heterocycles. The van der Waals surface area contributed by atoms with Gasteiger partial charge in [0.15, 0.2) is 18.7 Å². The van der Waals surface area contributed by atoms with Crippen molar-refractivity contribution in [2.24, 2.45) is 0 Å². The molecule has 0 aliphatic carbocycles. The van der Waals surface area contributed by atoms with Crippen LogP contribution in [0.3, 0.4) is 0 Å². The Kier molecular flexibility index (Phi) is 16.6. The molecule has 10 rings (SSSR count). The van der Waals surface area contributed by atoms with Crippen molar-refractivity contribution in [3.8, 4) is 23.0 Å². The summed E-state index contributed by atoms with van der Waals surface area (Å²) in [6.07, 6.45) is 9.95. The number of methoxy groups -OCH3 is 2. The van der Waals surface area contributed by atoms with Gasteiger partial charge in [0.25, 0.3) is 0 Å². The molecule has 0 radical (unpaired) electrons. The Morgan fingerprint density at radius 3 is 1.66 bits per heavy atom. The lowest BCUT2D eigenvalue weighted by atomic mass is 10.1. The van der Waals surface area contributed by atoms with Crippen LogP contribution in [0.4, 0.5) is 21.0 Å². The molecule has 2 fully saturated rings. The minimum Gasteiger partial charge on any atom is -0.495 e. The first-order valence-electron chi connectivity index (χ1n) is 24.0. The summed E-state index contributed by atoms with van der Waals surface area (Å²) in [5.41, 5.74) is 5.18. The van der Waals surface area contributed by atoms with Gasteiger partial charge in [0, 0.05) is 138 Å². The van der Waals surface area contributed by atoms with Crippen LogP contribution in [0.25, 0.3) is 28.1 Å². The number of nitrogens with one attached hydrogen (secondary N) is 4. The molecule has 4 N–H and O–H groups in total. The SMILES string of the molecule is CNC(=O)Nc1ccc2c(c1)C(=O)/C(=C/c1cn(CCN3CCN(C)CC3)c3ncc(OC)cc13)O2.CNC(=O)Nc1ccc2c(c1)C(=O)CO2.COc1cnc2c(c1)c(C=O)cn2CCN1CCN(C)CC1. The number of hydrogen-bond donors (Lipinski definition) is 4. The number of likely N-dealkylation sites (N-methyl/N-ethyl adjacent to an activating group) is 2. The fourth-order valence-corrected chi connectivity index (χ4v) is 8.74. The molecule has 4 aliphatic heterocycles. The number of piperazine rings is 2. The number of benzene rings is 2. The maximum Gasteiger partial charge on any atom is 0.318 e. The molecular weight excluding hydrogens is 937 g/mol. The Hall–Kier alpha value is -7.85. The standard InChI is InChI=1S/C26H30N6O4.C16H22N4O2.C10H10N2O3/c1-27-26(34)29-18-4-5-22-21(13-18)24(33)23(36-22)12-17-16-32(11-10-31-8-6-30(2)7-9-31)25-20(17)14-19(35-3)15-28-25;1-18-3-5-19(6-4-18)7-8-20-11-13(12-21)15-9-14(22-2)10-17-16(15)20;1-11-10(14)12-6-2-3-9-7(4-6)8(13)5-15-9/h4-5,12-16H,6-11H2,1-3H3,(H2,27,29,34);9-12H,3-8H2,1-2H3;2-4H,5H2,1H3,(H2,11,12,14)/b23-12-;;. The van der Waals surface area contributed by atoms with Crippen LogP contribution in [0.2, 0.25) is 0 Å². The number of urea groups is 2. The predicted molar refractivity (Wildman–Crippen MR) is 278 cm³/mol. The molecule has 0 unspecified atom stereocenters. The molecule has 0 bridgehead atoms. The Morgan fingerprint density at radius 2 is 1.15 bits per heavy atom. The van der Waals surface area contributed by atoms with E-state index in [4.69, 9.17) is 18.9 Å². The third-order valence-corrected chi connectivity index (χ3v) is 13.1. The van der Waals surface area contributed by atoms with Gasteiger partial charge in [0.2, 0.25) is 11.6 Å². The van der Waals surface area contributed by atoms with Gasteiger partial charge in [-0.1, -0.05) is 0 Å². The summed E-state index contributed by atoms with van der Waals surface area (Å²) >= 11 is 0. The smallest absolute Gasteiger partial charge is 0.318 e. The average molecular weight is 999 g/mol. The van der Waals surface area contributed by atoms with E-state index in [9.17, 15) is 24.0 Å². The fourth-order valence-electron chi connectivity index (χ4n) is 8.74. The number of ketones is 2. The number of amides is 4. The van der Waals surface area contributed by atoms with Crippen LogP contribution in [0.15, 0.2) is 79.1 Å². The zero-order valence-electron chi connectivity index (χ0n) is 42.0. The van der Waals surface area contributed by atoms with Crippen molar-refractivity contribution in [3.05, 3.63) is 101 Å². The van der Waals surface area contributed by atoms with Gasteiger partial charge in [-0.15, -0.1) is 0 Å². The van der Waals surface area contributed by atoms with Gasteiger partial charge in [-0.3, -0.25) is 24.2 Å². The Balaban J connectivity index is 0.000000162. The molecular formula is C52H62N12O9. The zero-order chi connectivity index (χ0) is 51.6. The summed E-state index contributed by atoms with van der Waals surface area (Å²) in [5.74, 6) is 2.28. The second kappa shape index (κ2) is 23.6. The maximum atomic E-state index is 13.2. The Bertz CT molecular complexity index is 3020. The summed E-state index contributed by atoms with van der Waals surface area (Å²) in [7, 11) is 10.6. The van der Waals surface area contributed by atoms with E-state index in [0.717, 1.165) is 112 Å². The molecule has 0 spiro atoms. The molecule has 6 aromatic rings. The minimum atomic E-state index is -0.358. The number of carbonyl (C=O) groups is 5. The van der Waals surface area contributed by atoms with Crippen LogP contribution in [-0.4, -0.2) is 183 Å². The second-order valence-corrected chi connectivity index (χ2v) is 17.9. The fraction of sp³-hybridized carbons (Fsp3) is 0.365. The first kappa shape index (κ1) is 51.5. The normalized spacial score (nSPS) is 16.3. The molecule has 8 heterocycles. The number of rotatable bonds is 12. The van der Waals surface area contributed by atoms with Crippen molar-refractivity contribution in [3.63, 3.8) is 0 Å². The highest BCUT2D eigenvalue weighted by atomic mass is 16.5. The van der Waals surface area contributed by atoms with E-state index in [0.29, 0.717) is 51.1 Å². The lowest BCUT2D eigenvalue weighted by Gasteiger charge is -2.32. The van der Waals surface area contributed by atoms with Gasteiger partial charge in [-0.25, -0.2) is 19.6 Å². The number of ether oxygens (including phenoxy) is 4. The number of aldehydes is 1. The molecule has 21 heteroatoms. The van der Waals surface area contributed by atoms with E-state index in [1.54, 1.807) is 69.1 Å².